The third-order valence-corrected chi connectivity index (χ3v) is 3.02. The first-order chi connectivity index (χ1) is 9.97. The molecule has 6 heteroatoms. The van der Waals surface area contributed by atoms with Gasteiger partial charge < -0.3 is 10.4 Å². The minimum atomic E-state index is -1.12. The smallest absolute Gasteiger partial charge is 0.322 e. The SMILES string of the molecule is O=C(O)CNC(=O)c1ccc(-c2ccc(Cl)cc2F)cc1. The molecule has 0 saturated carbocycles. The van der Waals surface area contributed by atoms with Crippen LogP contribution in [0.3, 0.4) is 0 Å². The van der Waals surface area contributed by atoms with E-state index in [2.05, 4.69) is 5.32 Å². The number of benzene rings is 2. The molecule has 2 N–H and O–H groups in total. The number of carbonyl (C=O) groups is 2. The maximum absolute atomic E-state index is 13.8. The molecule has 2 aromatic carbocycles. The van der Waals surface area contributed by atoms with Gasteiger partial charge in [-0.2, -0.15) is 0 Å². The Morgan fingerprint density at radius 1 is 1.14 bits per heavy atom. The fourth-order valence-corrected chi connectivity index (χ4v) is 1.94. The van der Waals surface area contributed by atoms with Crippen molar-refractivity contribution in [2.45, 2.75) is 0 Å². The van der Waals surface area contributed by atoms with E-state index in [-0.39, 0.29) is 0 Å². The fourth-order valence-electron chi connectivity index (χ4n) is 1.78. The molecule has 1 amide bonds. The summed E-state index contributed by atoms with van der Waals surface area (Å²) in [5.41, 5.74) is 1.27. The molecule has 2 aromatic rings. The van der Waals surface area contributed by atoms with Crippen molar-refractivity contribution in [1.82, 2.24) is 5.32 Å². The lowest BCUT2D eigenvalue weighted by Crippen LogP contribution is -2.29. The monoisotopic (exact) mass is 307 g/mol. The van der Waals surface area contributed by atoms with Crippen LogP contribution in [-0.4, -0.2) is 23.5 Å². The van der Waals surface area contributed by atoms with E-state index in [9.17, 15) is 14.0 Å². The van der Waals surface area contributed by atoms with E-state index in [1.165, 1.54) is 18.2 Å². The summed E-state index contributed by atoms with van der Waals surface area (Å²) in [7, 11) is 0. The Morgan fingerprint density at radius 2 is 1.81 bits per heavy atom. The minimum Gasteiger partial charge on any atom is -0.480 e. The summed E-state index contributed by atoms with van der Waals surface area (Å²) >= 11 is 5.69. The first-order valence-corrected chi connectivity index (χ1v) is 6.40. The Labute approximate surface area is 125 Å². The van der Waals surface area contributed by atoms with Gasteiger partial charge in [0.25, 0.3) is 5.91 Å². The zero-order valence-corrected chi connectivity index (χ0v) is 11.5. The van der Waals surface area contributed by atoms with Gasteiger partial charge in [0.05, 0.1) is 0 Å². The van der Waals surface area contributed by atoms with Crippen LogP contribution in [0.1, 0.15) is 10.4 Å². The standard InChI is InChI=1S/C15H11ClFNO3/c16-11-5-6-12(13(17)7-11)9-1-3-10(4-2-9)15(21)18-8-14(19)20/h1-7H,8H2,(H,18,21)(H,19,20). The molecule has 21 heavy (non-hydrogen) atoms. The van der Waals surface area contributed by atoms with Crippen LogP contribution < -0.4 is 5.32 Å². The highest BCUT2D eigenvalue weighted by Gasteiger charge is 2.09. The summed E-state index contributed by atoms with van der Waals surface area (Å²) in [5, 5.41) is 11.0. The van der Waals surface area contributed by atoms with Gasteiger partial charge in [-0.1, -0.05) is 23.7 Å². The molecule has 4 nitrogen and oxygen atoms in total. The second-order valence-corrected chi connectivity index (χ2v) is 4.71. The van der Waals surface area contributed by atoms with Gasteiger partial charge >= 0.3 is 5.97 Å². The quantitative estimate of drug-likeness (QED) is 0.912. The number of halogens is 2. The third kappa shape index (κ3) is 3.79. The lowest BCUT2D eigenvalue weighted by molar-refractivity contribution is -0.135. The number of carboxylic acids is 1. The molecule has 0 heterocycles. The van der Waals surface area contributed by atoms with E-state index < -0.39 is 24.2 Å². The largest absolute Gasteiger partial charge is 0.480 e. The normalized spacial score (nSPS) is 10.2. The van der Waals surface area contributed by atoms with Crippen LogP contribution in [0.15, 0.2) is 42.5 Å². The highest BCUT2D eigenvalue weighted by Crippen LogP contribution is 2.25. The predicted molar refractivity (Wildman–Crippen MR) is 76.8 cm³/mol. The Balaban J connectivity index is 2.18. The summed E-state index contributed by atoms with van der Waals surface area (Å²) < 4.78 is 13.8. The van der Waals surface area contributed by atoms with Gasteiger partial charge in [0.15, 0.2) is 0 Å². The molecule has 0 saturated heterocycles. The third-order valence-electron chi connectivity index (χ3n) is 2.79. The van der Waals surface area contributed by atoms with Crippen molar-refractivity contribution in [2.75, 3.05) is 6.54 Å². The molecular formula is C15H11ClFNO3. The average molecular weight is 308 g/mol. The minimum absolute atomic E-state index is 0.300. The van der Waals surface area contributed by atoms with Crippen LogP contribution in [0.2, 0.25) is 5.02 Å². The molecule has 0 aromatic heterocycles. The molecule has 0 atom stereocenters. The van der Waals surface area contributed by atoms with Gasteiger partial charge in [-0.05, 0) is 35.9 Å². The number of carbonyl (C=O) groups excluding carboxylic acids is 1. The van der Waals surface area contributed by atoms with Crippen molar-refractivity contribution in [3.05, 3.63) is 58.9 Å². The first kappa shape index (κ1) is 15.0. The molecule has 108 valence electrons. The van der Waals surface area contributed by atoms with E-state index >= 15 is 0 Å². The van der Waals surface area contributed by atoms with Crippen LogP contribution >= 0.6 is 11.6 Å². The summed E-state index contributed by atoms with van der Waals surface area (Å²) in [6.45, 7) is -0.452. The molecule has 0 bridgehead atoms. The van der Waals surface area contributed by atoms with Crippen molar-refractivity contribution in [1.29, 1.82) is 0 Å². The predicted octanol–water partition coefficient (Wildman–Crippen LogP) is 2.96. The van der Waals surface area contributed by atoms with Crippen LogP contribution in [0, 0.1) is 5.82 Å². The highest BCUT2D eigenvalue weighted by molar-refractivity contribution is 6.30. The van der Waals surface area contributed by atoms with Crippen molar-refractivity contribution < 1.29 is 19.1 Å². The van der Waals surface area contributed by atoms with Gasteiger partial charge in [0.1, 0.15) is 12.4 Å². The van der Waals surface area contributed by atoms with E-state index in [1.807, 2.05) is 0 Å². The number of rotatable bonds is 4. The molecule has 0 aliphatic heterocycles. The molecule has 0 spiro atoms. The van der Waals surface area contributed by atoms with Crippen LogP contribution in [0.4, 0.5) is 4.39 Å². The number of amides is 1. The summed E-state index contributed by atoms with van der Waals surface area (Å²) in [6.07, 6.45) is 0. The number of hydrogen-bond acceptors (Lipinski definition) is 2. The topological polar surface area (TPSA) is 66.4 Å². The second kappa shape index (κ2) is 6.37. The number of aliphatic carboxylic acids is 1. The lowest BCUT2D eigenvalue weighted by Gasteiger charge is -2.06. The van der Waals surface area contributed by atoms with E-state index in [4.69, 9.17) is 16.7 Å². The Bertz CT molecular complexity index is 686. The number of nitrogens with one attached hydrogen (secondary N) is 1. The Hall–Kier alpha value is -2.40. The van der Waals surface area contributed by atoms with E-state index in [0.717, 1.165) is 0 Å². The molecular weight excluding hydrogens is 297 g/mol. The van der Waals surface area contributed by atoms with Gasteiger partial charge in [0.2, 0.25) is 0 Å². The molecule has 0 aliphatic carbocycles. The zero-order chi connectivity index (χ0) is 15.4. The molecule has 2 rings (SSSR count). The molecule has 0 radical (unpaired) electrons. The van der Waals surface area contributed by atoms with Crippen molar-refractivity contribution in [2.24, 2.45) is 0 Å². The molecule has 0 fully saturated rings. The summed E-state index contributed by atoms with van der Waals surface area (Å²) in [5.74, 6) is -2.07. The first-order valence-electron chi connectivity index (χ1n) is 6.03. The molecule has 0 aliphatic rings. The van der Waals surface area contributed by atoms with Crippen molar-refractivity contribution in [3.63, 3.8) is 0 Å². The Kier molecular flexibility index (Phi) is 4.55. The van der Waals surface area contributed by atoms with Crippen molar-refractivity contribution in [3.8, 4) is 11.1 Å². The number of hydrogen-bond donors (Lipinski definition) is 2. The second-order valence-electron chi connectivity index (χ2n) is 4.28. The van der Waals surface area contributed by atoms with Crippen LogP contribution in [0.5, 0.6) is 0 Å². The van der Waals surface area contributed by atoms with E-state index in [0.29, 0.717) is 21.7 Å². The lowest BCUT2D eigenvalue weighted by atomic mass is 10.0. The maximum Gasteiger partial charge on any atom is 0.322 e. The summed E-state index contributed by atoms with van der Waals surface area (Å²) in [4.78, 5) is 22.0. The van der Waals surface area contributed by atoms with Gasteiger partial charge in [-0.15, -0.1) is 0 Å². The van der Waals surface area contributed by atoms with Crippen LogP contribution in [0.25, 0.3) is 11.1 Å². The van der Waals surface area contributed by atoms with Gasteiger partial charge in [-0.3, -0.25) is 9.59 Å². The summed E-state index contributed by atoms with van der Waals surface area (Å²) in [6, 6.07) is 10.5. The van der Waals surface area contributed by atoms with E-state index in [1.54, 1.807) is 24.3 Å². The molecule has 0 unspecified atom stereocenters. The zero-order valence-electron chi connectivity index (χ0n) is 10.8. The van der Waals surface area contributed by atoms with Gasteiger partial charge in [-0.25, -0.2) is 4.39 Å². The maximum atomic E-state index is 13.8. The van der Waals surface area contributed by atoms with Crippen LogP contribution in [-0.2, 0) is 4.79 Å². The number of carboxylic acid groups (broad SMARTS) is 1. The van der Waals surface area contributed by atoms with Gasteiger partial charge in [0, 0.05) is 16.1 Å². The average Bonchev–Trinajstić information content (AvgIpc) is 2.45. The van der Waals surface area contributed by atoms with Crippen molar-refractivity contribution >= 4 is 23.5 Å². The fraction of sp³-hybridized carbons (Fsp3) is 0.0667. The highest BCUT2D eigenvalue weighted by atomic mass is 35.5. The Morgan fingerprint density at radius 3 is 2.38 bits per heavy atom.